The van der Waals surface area contributed by atoms with E-state index in [1.165, 1.54) is 12.1 Å². The highest BCUT2D eigenvalue weighted by atomic mass is 32.2. The Bertz CT molecular complexity index is 1310. The van der Waals surface area contributed by atoms with Crippen molar-refractivity contribution < 1.29 is 26.7 Å². The van der Waals surface area contributed by atoms with Crippen LogP contribution in [0.5, 0.6) is 5.88 Å². The number of sulfone groups is 1. The average molecular weight is 504 g/mol. The van der Waals surface area contributed by atoms with Crippen LogP contribution >= 0.6 is 0 Å². The van der Waals surface area contributed by atoms with E-state index in [4.69, 9.17) is 9.47 Å². The monoisotopic (exact) mass is 503 g/mol. The molecular weight excluding hydrogens is 480 g/mol. The van der Waals surface area contributed by atoms with Gasteiger partial charge in [-0.2, -0.15) is 9.37 Å². The number of fused-ring (bicyclic) bond motifs is 2. The fraction of sp³-hybridized carbons (Fsp3) is 0.348. The summed E-state index contributed by atoms with van der Waals surface area (Å²) in [5, 5.41) is 2.56. The maximum atomic E-state index is 15.2. The maximum Gasteiger partial charge on any atom is 0.256 e. The SMILES string of the molecule is CS(=O)(=O)c1ccc(Nc2ncnc(OC3C4COCC3CN(c3ccccn3)C4)c2F)c(F)c1. The molecule has 2 fully saturated rings. The molecule has 2 aliphatic rings. The van der Waals surface area contributed by atoms with Gasteiger partial charge in [0.25, 0.3) is 5.88 Å². The van der Waals surface area contributed by atoms with Crippen molar-refractivity contribution in [1.82, 2.24) is 15.0 Å². The molecule has 1 N–H and O–H groups in total. The summed E-state index contributed by atoms with van der Waals surface area (Å²) in [4.78, 5) is 14.2. The minimum Gasteiger partial charge on any atom is -0.471 e. The van der Waals surface area contributed by atoms with E-state index in [2.05, 4.69) is 25.2 Å². The van der Waals surface area contributed by atoms with Crippen molar-refractivity contribution >= 4 is 27.2 Å². The molecule has 2 atom stereocenters. The number of hydrogen-bond donors (Lipinski definition) is 1. The van der Waals surface area contributed by atoms with Crippen LogP contribution in [0.2, 0.25) is 0 Å². The summed E-state index contributed by atoms with van der Waals surface area (Å²) in [7, 11) is -3.58. The van der Waals surface area contributed by atoms with Crippen LogP contribution in [-0.2, 0) is 14.6 Å². The van der Waals surface area contributed by atoms with Crippen molar-refractivity contribution in [1.29, 1.82) is 0 Å². The number of aromatic nitrogens is 3. The minimum absolute atomic E-state index is 0.0312. The van der Waals surface area contributed by atoms with Gasteiger partial charge < -0.3 is 19.7 Å². The van der Waals surface area contributed by atoms with Crippen LogP contribution in [0.15, 0.2) is 53.8 Å². The number of nitrogens with zero attached hydrogens (tertiary/aromatic N) is 4. The Labute approximate surface area is 201 Å². The molecule has 184 valence electrons. The number of benzene rings is 1. The van der Waals surface area contributed by atoms with Gasteiger partial charge in [-0.15, -0.1) is 0 Å². The van der Waals surface area contributed by atoms with Gasteiger partial charge in [-0.05, 0) is 30.3 Å². The van der Waals surface area contributed by atoms with E-state index in [1.807, 2.05) is 18.2 Å². The third-order valence-corrected chi connectivity index (χ3v) is 7.21. The molecule has 12 heteroatoms. The number of rotatable bonds is 6. The van der Waals surface area contributed by atoms with E-state index in [0.29, 0.717) is 26.3 Å². The lowest BCUT2D eigenvalue weighted by atomic mass is 9.84. The first-order valence-electron chi connectivity index (χ1n) is 11.0. The van der Waals surface area contributed by atoms with E-state index in [0.717, 1.165) is 24.5 Å². The Balaban J connectivity index is 1.34. The first-order valence-corrected chi connectivity index (χ1v) is 12.9. The van der Waals surface area contributed by atoms with Crippen LogP contribution in [0.25, 0.3) is 0 Å². The van der Waals surface area contributed by atoms with E-state index in [9.17, 15) is 12.8 Å². The van der Waals surface area contributed by atoms with Crippen LogP contribution in [-0.4, -0.2) is 62.0 Å². The molecule has 0 spiro atoms. The lowest BCUT2D eigenvalue weighted by Crippen LogP contribution is -2.57. The Morgan fingerprint density at radius 3 is 2.51 bits per heavy atom. The second-order valence-corrected chi connectivity index (χ2v) is 10.6. The zero-order chi connectivity index (χ0) is 24.6. The van der Waals surface area contributed by atoms with Crippen LogP contribution in [0.3, 0.4) is 0 Å². The van der Waals surface area contributed by atoms with Crippen molar-refractivity contribution in [3.05, 3.63) is 60.6 Å². The maximum absolute atomic E-state index is 15.2. The second-order valence-electron chi connectivity index (χ2n) is 8.61. The predicted molar refractivity (Wildman–Crippen MR) is 123 cm³/mol. The second kappa shape index (κ2) is 9.34. The topological polar surface area (TPSA) is 107 Å². The van der Waals surface area contributed by atoms with E-state index < -0.39 is 21.5 Å². The molecule has 0 radical (unpaired) electrons. The van der Waals surface area contributed by atoms with Gasteiger partial charge in [-0.25, -0.2) is 22.8 Å². The summed E-state index contributed by atoms with van der Waals surface area (Å²) in [6.45, 7) is 2.18. The first kappa shape index (κ1) is 23.4. The van der Waals surface area contributed by atoms with Gasteiger partial charge >= 0.3 is 0 Å². The number of ether oxygens (including phenoxy) is 2. The number of anilines is 3. The van der Waals surface area contributed by atoms with Gasteiger partial charge in [-0.1, -0.05) is 6.07 Å². The van der Waals surface area contributed by atoms with Gasteiger partial charge in [0.15, 0.2) is 15.7 Å². The molecule has 2 unspecified atom stereocenters. The first-order chi connectivity index (χ1) is 16.8. The number of halogens is 2. The third kappa shape index (κ3) is 4.89. The Hall–Kier alpha value is -3.38. The Morgan fingerprint density at radius 2 is 1.86 bits per heavy atom. The summed E-state index contributed by atoms with van der Waals surface area (Å²) < 4.78 is 64.7. The third-order valence-electron chi connectivity index (χ3n) is 6.10. The molecule has 0 aliphatic carbocycles. The lowest BCUT2D eigenvalue weighted by molar-refractivity contribution is -0.0779. The van der Waals surface area contributed by atoms with Gasteiger partial charge in [0.1, 0.15) is 24.1 Å². The van der Waals surface area contributed by atoms with E-state index in [1.54, 1.807) is 6.20 Å². The fourth-order valence-corrected chi connectivity index (χ4v) is 5.06. The van der Waals surface area contributed by atoms with Gasteiger partial charge in [0.2, 0.25) is 5.82 Å². The predicted octanol–water partition coefficient (Wildman–Crippen LogP) is 2.83. The minimum atomic E-state index is -3.58. The summed E-state index contributed by atoms with van der Waals surface area (Å²) in [6, 6.07) is 9.04. The van der Waals surface area contributed by atoms with E-state index in [-0.39, 0.29) is 40.2 Å². The van der Waals surface area contributed by atoms with Crippen molar-refractivity contribution in [2.24, 2.45) is 11.8 Å². The number of nitrogens with one attached hydrogen (secondary N) is 1. The van der Waals surface area contributed by atoms with Crippen molar-refractivity contribution in [3.8, 4) is 5.88 Å². The summed E-state index contributed by atoms with van der Waals surface area (Å²) in [5.74, 6) is -1.46. The molecule has 0 amide bonds. The molecule has 2 saturated heterocycles. The van der Waals surface area contributed by atoms with Gasteiger partial charge in [-0.3, -0.25) is 0 Å². The molecule has 4 heterocycles. The Morgan fingerprint density at radius 1 is 1.09 bits per heavy atom. The van der Waals surface area contributed by atoms with Gasteiger partial charge in [0, 0.05) is 37.4 Å². The summed E-state index contributed by atoms with van der Waals surface area (Å²) in [5.41, 5.74) is -0.130. The Kier molecular flexibility index (Phi) is 6.24. The molecule has 2 aromatic heterocycles. The molecular formula is C23H23F2N5O4S. The van der Waals surface area contributed by atoms with Gasteiger partial charge in [0.05, 0.1) is 23.8 Å². The zero-order valence-electron chi connectivity index (χ0n) is 18.8. The average Bonchev–Trinajstić information content (AvgIpc) is 2.82. The lowest BCUT2D eigenvalue weighted by Gasteiger charge is -2.46. The molecule has 3 aromatic rings. The largest absolute Gasteiger partial charge is 0.471 e. The number of piperidine rings is 1. The van der Waals surface area contributed by atoms with Crippen LogP contribution < -0.4 is 15.0 Å². The normalized spacial score (nSPS) is 22.0. The van der Waals surface area contributed by atoms with Crippen LogP contribution in [0.1, 0.15) is 0 Å². The molecule has 9 nitrogen and oxygen atoms in total. The summed E-state index contributed by atoms with van der Waals surface area (Å²) in [6.07, 6.45) is 3.52. The molecule has 2 bridgehead atoms. The summed E-state index contributed by atoms with van der Waals surface area (Å²) >= 11 is 0. The van der Waals surface area contributed by atoms with E-state index >= 15 is 4.39 Å². The van der Waals surface area contributed by atoms with Crippen LogP contribution in [0, 0.1) is 23.5 Å². The number of pyridine rings is 1. The van der Waals surface area contributed by atoms with Crippen LogP contribution in [0.4, 0.5) is 26.1 Å². The fourth-order valence-electron chi connectivity index (χ4n) is 4.43. The smallest absolute Gasteiger partial charge is 0.256 e. The van der Waals surface area contributed by atoms with Crippen molar-refractivity contribution in [2.45, 2.75) is 11.0 Å². The number of hydrogen-bond acceptors (Lipinski definition) is 9. The molecule has 35 heavy (non-hydrogen) atoms. The molecule has 1 aromatic carbocycles. The molecule has 5 rings (SSSR count). The molecule has 2 aliphatic heterocycles. The molecule has 0 saturated carbocycles. The standard InChI is InChI=1S/C23H23F2N5O4S/c1-35(31,32)16-5-6-18(17(24)8-16)29-22-20(25)23(28-13-27-22)34-21-14-9-30(10-15(21)12-33-11-14)19-4-2-3-7-26-19/h2-8,13-15,21H,9-12H2,1H3,(H,27,28,29). The quantitative estimate of drug-likeness (QED) is 0.543. The highest BCUT2D eigenvalue weighted by Crippen LogP contribution is 2.34. The van der Waals surface area contributed by atoms with Crippen molar-refractivity contribution in [2.75, 3.05) is 42.8 Å². The van der Waals surface area contributed by atoms with Crippen molar-refractivity contribution in [3.63, 3.8) is 0 Å². The highest BCUT2D eigenvalue weighted by Gasteiger charge is 2.43. The highest BCUT2D eigenvalue weighted by molar-refractivity contribution is 7.90. The zero-order valence-corrected chi connectivity index (χ0v) is 19.6.